The van der Waals surface area contributed by atoms with Crippen LogP contribution in [0.4, 0.5) is 14.5 Å². The summed E-state index contributed by atoms with van der Waals surface area (Å²) in [6.07, 6.45) is 1.90. The van der Waals surface area contributed by atoms with Gasteiger partial charge in [0, 0.05) is 44.0 Å². The molecule has 0 unspecified atom stereocenters. The standard InChI is InChI=1S/C15H20F2N2O/c1-3-7-18-8-10-19(11-9-18)13-5-4-6-14(12(13)2)20-15(16)17/h3-6,15H,1,7-11H2,2H3. The molecule has 1 aromatic rings. The molecule has 0 radical (unpaired) electrons. The molecule has 1 aliphatic rings. The van der Waals surface area contributed by atoms with Crippen LogP contribution in [0.3, 0.4) is 0 Å². The van der Waals surface area contributed by atoms with Crippen LogP contribution in [0, 0.1) is 6.92 Å². The Kier molecular flexibility index (Phi) is 4.95. The highest BCUT2D eigenvalue weighted by atomic mass is 19.3. The molecule has 20 heavy (non-hydrogen) atoms. The maximum atomic E-state index is 12.4. The molecule has 0 bridgehead atoms. The van der Waals surface area contributed by atoms with Gasteiger partial charge in [-0.05, 0) is 19.1 Å². The van der Waals surface area contributed by atoms with Crippen molar-refractivity contribution in [3.8, 4) is 5.75 Å². The topological polar surface area (TPSA) is 15.7 Å². The van der Waals surface area contributed by atoms with Gasteiger partial charge in [-0.15, -0.1) is 6.58 Å². The predicted molar refractivity (Wildman–Crippen MR) is 76.7 cm³/mol. The second-order valence-electron chi connectivity index (χ2n) is 4.86. The van der Waals surface area contributed by atoms with Gasteiger partial charge in [0.1, 0.15) is 5.75 Å². The SMILES string of the molecule is C=CCN1CCN(c2cccc(OC(F)F)c2C)CC1. The van der Waals surface area contributed by atoms with Gasteiger partial charge in [0.15, 0.2) is 0 Å². The lowest BCUT2D eigenvalue weighted by atomic mass is 10.1. The lowest BCUT2D eigenvalue weighted by molar-refractivity contribution is -0.0502. The van der Waals surface area contributed by atoms with Crippen LogP contribution < -0.4 is 9.64 Å². The Morgan fingerprint density at radius 3 is 2.60 bits per heavy atom. The molecular weight excluding hydrogens is 262 g/mol. The van der Waals surface area contributed by atoms with Crippen molar-refractivity contribution in [1.82, 2.24) is 4.90 Å². The van der Waals surface area contributed by atoms with E-state index >= 15 is 0 Å². The van der Waals surface area contributed by atoms with E-state index in [4.69, 9.17) is 0 Å². The van der Waals surface area contributed by atoms with Crippen molar-refractivity contribution in [2.24, 2.45) is 0 Å². The van der Waals surface area contributed by atoms with E-state index in [0.717, 1.165) is 44.0 Å². The van der Waals surface area contributed by atoms with Gasteiger partial charge < -0.3 is 9.64 Å². The van der Waals surface area contributed by atoms with Gasteiger partial charge in [-0.2, -0.15) is 8.78 Å². The van der Waals surface area contributed by atoms with E-state index < -0.39 is 6.61 Å². The van der Waals surface area contributed by atoms with Gasteiger partial charge in [-0.25, -0.2) is 0 Å². The molecule has 1 aliphatic heterocycles. The highest BCUT2D eigenvalue weighted by molar-refractivity contribution is 5.59. The molecule has 0 amide bonds. The summed E-state index contributed by atoms with van der Waals surface area (Å²) in [4.78, 5) is 4.53. The average Bonchev–Trinajstić information content (AvgIpc) is 2.42. The zero-order valence-electron chi connectivity index (χ0n) is 11.7. The first-order valence-electron chi connectivity index (χ1n) is 6.74. The summed E-state index contributed by atoms with van der Waals surface area (Å²) in [5.41, 5.74) is 1.74. The van der Waals surface area contributed by atoms with Gasteiger partial charge in [0.05, 0.1) is 0 Å². The largest absolute Gasteiger partial charge is 0.434 e. The zero-order valence-corrected chi connectivity index (χ0v) is 11.7. The summed E-state index contributed by atoms with van der Waals surface area (Å²) in [6, 6.07) is 5.30. The monoisotopic (exact) mass is 282 g/mol. The Bertz CT molecular complexity index is 457. The van der Waals surface area contributed by atoms with Crippen molar-refractivity contribution in [3.63, 3.8) is 0 Å². The number of benzene rings is 1. The van der Waals surface area contributed by atoms with Gasteiger partial charge in [-0.1, -0.05) is 12.1 Å². The number of rotatable bonds is 5. The van der Waals surface area contributed by atoms with E-state index in [2.05, 4.69) is 21.1 Å². The molecule has 1 heterocycles. The Hall–Kier alpha value is -1.62. The number of ether oxygens (including phenoxy) is 1. The number of alkyl halides is 2. The second kappa shape index (κ2) is 6.70. The summed E-state index contributed by atoms with van der Waals surface area (Å²) < 4.78 is 29.3. The van der Waals surface area contributed by atoms with E-state index in [1.54, 1.807) is 12.1 Å². The molecule has 2 rings (SSSR count). The van der Waals surface area contributed by atoms with Crippen LogP contribution in [0.25, 0.3) is 0 Å². The van der Waals surface area contributed by atoms with E-state index in [1.807, 2.05) is 19.1 Å². The fraction of sp³-hybridized carbons (Fsp3) is 0.467. The molecule has 0 spiro atoms. The molecular formula is C15H20F2N2O. The van der Waals surface area contributed by atoms with E-state index in [0.29, 0.717) is 0 Å². The smallest absolute Gasteiger partial charge is 0.387 e. The van der Waals surface area contributed by atoms with Crippen molar-refractivity contribution < 1.29 is 13.5 Å². The lowest BCUT2D eigenvalue weighted by Gasteiger charge is -2.36. The predicted octanol–water partition coefficient (Wildman–Crippen LogP) is 2.90. The van der Waals surface area contributed by atoms with Gasteiger partial charge in [0.25, 0.3) is 0 Å². The van der Waals surface area contributed by atoms with Crippen LogP contribution in [-0.2, 0) is 0 Å². The molecule has 0 aromatic heterocycles. The van der Waals surface area contributed by atoms with Crippen molar-refractivity contribution in [2.45, 2.75) is 13.5 Å². The summed E-state index contributed by atoms with van der Waals surface area (Å²) >= 11 is 0. The number of nitrogens with zero attached hydrogens (tertiary/aromatic N) is 2. The van der Waals surface area contributed by atoms with Gasteiger partial charge in [0.2, 0.25) is 0 Å². The number of hydrogen-bond donors (Lipinski definition) is 0. The summed E-state index contributed by atoms with van der Waals surface area (Å²) in [5, 5.41) is 0. The first-order valence-corrected chi connectivity index (χ1v) is 6.74. The fourth-order valence-corrected chi connectivity index (χ4v) is 2.52. The first-order chi connectivity index (χ1) is 9.61. The normalized spacial score (nSPS) is 16.5. The molecule has 0 N–H and O–H groups in total. The van der Waals surface area contributed by atoms with Crippen LogP contribution in [0.15, 0.2) is 30.9 Å². The average molecular weight is 282 g/mol. The molecule has 3 nitrogen and oxygen atoms in total. The van der Waals surface area contributed by atoms with Crippen LogP contribution >= 0.6 is 0 Å². The molecule has 110 valence electrons. The molecule has 0 aliphatic carbocycles. The molecule has 0 atom stereocenters. The van der Waals surface area contributed by atoms with Crippen LogP contribution in [0.5, 0.6) is 5.75 Å². The molecule has 1 saturated heterocycles. The summed E-state index contributed by atoms with van der Waals surface area (Å²) in [5.74, 6) is 0.256. The molecule has 5 heteroatoms. The minimum absolute atomic E-state index is 0.256. The third kappa shape index (κ3) is 3.48. The third-order valence-corrected chi connectivity index (χ3v) is 3.57. The third-order valence-electron chi connectivity index (χ3n) is 3.57. The minimum Gasteiger partial charge on any atom is -0.434 e. The van der Waals surface area contributed by atoms with Crippen molar-refractivity contribution in [1.29, 1.82) is 0 Å². The quantitative estimate of drug-likeness (QED) is 0.772. The highest BCUT2D eigenvalue weighted by Gasteiger charge is 2.19. The van der Waals surface area contributed by atoms with E-state index in [-0.39, 0.29) is 5.75 Å². The van der Waals surface area contributed by atoms with Crippen molar-refractivity contribution in [2.75, 3.05) is 37.6 Å². The highest BCUT2D eigenvalue weighted by Crippen LogP contribution is 2.30. The van der Waals surface area contributed by atoms with Crippen LogP contribution in [0.2, 0.25) is 0 Å². The summed E-state index contributed by atoms with van der Waals surface area (Å²) in [7, 11) is 0. The molecule has 1 fully saturated rings. The Balaban J connectivity index is 2.08. The summed E-state index contributed by atoms with van der Waals surface area (Å²) in [6.45, 7) is 7.33. The lowest BCUT2D eigenvalue weighted by Crippen LogP contribution is -2.46. The maximum absolute atomic E-state index is 12.4. The zero-order chi connectivity index (χ0) is 14.5. The van der Waals surface area contributed by atoms with Gasteiger partial charge >= 0.3 is 6.61 Å². The number of halogens is 2. The Morgan fingerprint density at radius 1 is 1.30 bits per heavy atom. The minimum atomic E-state index is -2.78. The maximum Gasteiger partial charge on any atom is 0.387 e. The van der Waals surface area contributed by atoms with Crippen LogP contribution in [0.1, 0.15) is 5.56 Å². The van der Waals surface area contributed by atoms with Crippen molar-refractivity contribution >= 4 is 5.69 Å². The Morgan fingerprint density at radius 2 is 2.00 bits per heavy atom. The van der Waals surface area contributed by atoms with Crippen molar-refractivity contribution in [3.05, 3.63) is 36.4 Å². The number of piperazine rings is 1. The number of hydrogen-bond acceptors (Lipinski definition) is 3. The fourth-order valence-electron chi connectivity index (χ4n) is 2.52. The van der Waals surface area contributed by atoms with E-state index in [1.165, 1.54) is 0 Å². The molecule has 1 aromatic carbocycles. The molecule has 0 saturated carbocycles. The van der Waals surface area contributed by atoms with Crippen LogP contribution in [-0.4, -0.2) is 44.2 Å². The number of anilines is 1. The second-order valence-corrected chi connectivity index (χ2v) is 4.86. The Labute approximate surface area is 118 Å². The first kappa shape index (κ1) is 14.8. The van der Waals surface area contributed by atoms with Gasteiger partial charge in [-0.3, -0.25) is 4.90 Å². The van der Waals surface area contributed by atoms with E-state index in [9.17, 15) is 8.78 Å².